The summed E-state index contributed by atoms with van der Waals surface area (Å²) in [6.07, 6.45) is 4.44. The molecule has 1 aliphatic heterocycles. The van der Waals surface area contributed by atoms with Crippen LogP contribution < -0.4 is 10.2 Å². The topological polar surface area (TPSA) is 85.5 Å². The number of rotatable bonds is 3. The molecule has 1 aliphatic rings. The minimum absolute atomic E-state index is 0.00226. The highest BCUT2D eigenvalue weighted by Crippen LogP contribution is 2.19. The summed E-state index contributed by atoms with van der Waals surface area (Å²) in [5.74, 6) is 0.336. The molecule has 0 atom stereocenters. The molecule has 132 valence electrons. The summed E-state index contributed by atoms with van der Waals surface area (Å²) in [6, 6.07) is 9.90. The van der Waals surface area contributed by atoms with Crippen molar-refractivity contribution in [1.82, 2.24) is 14.9 Å². The maximum atomic E-state index is 12.7. The first-order chi connectivity index (χ1) is 12.7. The Labute approximate surface area is 149 Å². The van der Waals surface area contributed by atoms with Crippen LogP contribution in [-0.4, -0.2) is 40.0 Å². The highest BCUT2D eigenvalue weighted by molar-refractivity contribution is 5.93. The minimum Gasteiger partial charge on any atom is -0.474 e. The van der Waals surface area contributed by atoms with E-state index in [0.717, 1.165) is 0 Å². The molecule has 1 aromatic carbocycles. The monoisotopic (exact) mass is 351 g/mol. The van der Waals surface area contributed by atoms with Crippen LogP contribution in [-0.2, 0) is 0 Å². The van der Waals surface area contributed by atoms with E-state index in [0.29, 0.717) is 42.8 Å². The molecule has 0 spiro atoms. The van der Waals surface area contributed by atoms with Crippen LogP contribution in [0.3, 0.4) is 0 Å². The van der Waals surface area contributed by atoms with Crippen molar-refractivity contribution in [2.45, 2.75) is 18.9 Å². The number of carbonyl (C=O) groups is 1. The summed E-state index contributed by atoms with van der Waals surface area (Å²) >= 11 is 0. The molecule has 2 aromatic heterocycles. The molecular weight excluding hydrogens is 334 g/mol. The first-order valence-corrected chi connectivity index (χ1v) is 8.45. The zero-order valence-electron chi connectivity index (χ0n) is 14.0. The number of hydrogen-bond acceptors (Lipinski definition) is 6. The van der Waals surface area contributed by atoms with Crippen molar-refractivity contribution in [1.29, 1.82) is 0 Å². The fourth-order valence-electron chi connectivity index (χ4n) is 3.06. The molecule has 7 nitrogen and oxygen atoms in total. The van der Waals surface area contributed by atoms with E-state index in [1.165, 1.54) is 12.4 Å². The molecule has 0 aliphatic carbocycles. The molecule has 26 heavy (non-hydrogen) atoms. The number of fused-ring (bicyclic) bond motifs is 1. The van der Waals surface area contributed by atoms with Gasteiger partial charge in [0.15, 0.2) is 11.2 Å². The standard InChI is InChI=1S/C19H17N3O4/c23-15-11-17(26-16-4-2-1-3-14(15)16)19(24)22-9-6-13(7-10-22)25-18-5-8-20-12-21-18/h1-5,8,11-13H,6-7,9-10H2. The van der Waals surface area contributed by atoms with Crippen LogP contribution in [0.2, 0.25) is 0 Å². The molecular formula is C19H17N3O4. The zero-order chi connectivity index (χ0) is 17.9. The number of likely N-dealkylation sites (tertiary alicyclic amines) is 1. The minimum atomic E-state index is -0.270. The van der Waals surface area contributed by atoms with Crippen LogP contribution >= 0.6 is 0 Å². The molecule has 3 aromatic rings. The molecule has 0 unspecified atom stereocenters. The molecule has 0 bridgehead atoms. The Balaban J connectivity index is 1.44. The number of hydrogen-bond donors (Lipinski definition) is 0. The fraction of sp³-hybridized carbons (Fsp3) is 0.263. The van der Waals surface area contributed by atoms with E-state index in [9.17, 15) is 9.59 Å². The summed E-state index contributed by atoms with van der Waals surface area (Å²) < 4.78 is 11.4. The van der Waals surface area contributed by atoms with Crippen molar-refractivity contribution in [2.24, 2.45) is 0 Å². The lowest BCUT2D eigenvalue weighted by molar-refractivity contribution is 0.0559. The van der Waals surface area contributed by atoms with Gasteiger partial charge in [0.2, 0.25) is 5.88 Å². The Morgan fingerprint density at radius 2 is 2.00 bits per heavy atom. The van der Waals surface area contributed by atoms with Crippen molar-refractivity contribution in [3.8, 4) is 5.88 Å². The van der Waals surface area contributed by atoms with E-state index < -0.39 is 0 Å². The van der Waals surface area contributed by atoms with Gasteiger partial charge in [-0.15, -0.1) is 0 Å². The van der Waals surface area contributed by atoms with Crippen molar-refractivity contribution >= 4 is 16.9 Å². The highest BCUT2D eigenvalue weighted by atomic mass is 16.5. The third-order valence-electron chi connectivity index (χ3n) is 4.42. The van der Waals surface area contributed by atoms with Crippen LogP contribution in [0.5, 0.6) is 5.88 Å². The number of piperidine rings is 1. The molecule has 3 heterocycles. The first kappa shape index (κ1) is 16.3. The van der Waals surface area contributed by atoms with Gasteiger partial charge in [0, 0.05) is 44.3 Å². The van der Waals surface area contributed by atoms with Crippen molar-refractivity contribution in [3.05, 3.63) is 64.9 Å². The largest absolute Gasteiger partial charge is 0.474 e. The second-order valence-electron chi connectivity index (χ2n) is 6.13. The molecule has 7 heteroatoms. The summed E-state index contributed by atoms with van der Waals surface area (Å²) in [5.41, 5.74) is 0.211. The Morgan fingerprint density at radius 3 is 2.77 bits per heavy atom. The Bertz CT molecular complexity index is 979. The summed E-state index contributed by atoms with van der Waals surface area (Å²) in [4.78, 5) is 34.5. The van der Waals surface area contributed by atoms with Crippen LogP contribution in [0.25, 0.3) is 11.0 Å². The van der Waals surface area contributed by atoms with E-state index in [2.05, 4.69) is 9.97 Å². The van der Waals surface area contributed by atoms with Gasteiger partial charge in [0.05, 0.1) is 5.39 Å². The quantitative estimate of drug-likeness (QED) is 0.719. The predicted octanol–water partition coefficient (Wildman–Crippen LogP) is 2.27. The number of nitrogens with zero attached hydrogens (tertiary/aromatic N) is 3. The van der Waals surface area contributed by atoms with E-state index in [4.69, 9.17) is 9.15 Å². The van der Waals surface area contributed by atoms with E-state index in [-0.39, 0.29) is 23.2 Å². The second-order valence-corrected chi connectivity index (χ2v) is 6.13. The van der Waals surface area contributed by atoms with Crippen molar-refractivity contribution in [2.75, 3.05) is 13.1 Å². The van der Waals surface area contributed by atoms with E-state index >= 15 is 0 Å². The Hall–Kier alpha value is -3.22. The Kier molecular flexibility index (Phi) is 4.35. The van der Waals surface area contributed by atoms with E-state index in [1.54, 1.807) is 41.4 Å². The van der Waals surface area contributed by atoms with Gasteiger partial charge in [-0.3, -0.25) is 9.59 Å². The molecule has 1 saturated heterocycles. The van der Waals surface area contributed by atoms with Gasteiger partial charge in [0.25, 0.3) is 5.91 Å². The van der Waals surface area contributed by atoms with Gasteiger partial charge in [-0.1, -0.05) is 12.1 Å². The number of carbonyl (C=O) groups excluding carboxylic acids is 1. The normalized spacial score (nSPS) is 15.2. The number of aromatic nitrogens is 2. The average Bonchev–Trinajstić information content (AvgIpc) is 2.69. The van der Waals surface area contributed by atoms with E-state index in [1.807, 2.05) is 0 Å². The maximum absolute atomic E-state index is 12.7. The lowest BCUT2D eigenvalue weighted by atomic mass is 10.1. The molecule has 0 radical (unpaired) electrons. The maximum Gasteiger partial charge on any atom is 0.289 e. The lowest BCUT2D eigenvalue weighted by Crippen LogP contribution is -2.42. The number of benzene rings is 1. The third kappa shape index (κ3) is 3.28. The van der Waals surface area contributed by atoms with Gasteiger partial charge < -0.3 is 14.1 Å². The summed E-state index contributed by atoms with van der Waals surface area (Å²) in [5, 5.41) is 0.473. The number of ether oxygens (including phenoxy) is 1. The molecule has 0 N–H and O–H groups in total. The van der Waals surface area contributed by atoms with Crippen LogP contribution in [0.1, 0.15) is 23.4 Å². The average molecular weight is 351 g/mol. The Morgan fingerprint density at radius 1 is 1.19 bits per heavy atom. The van der Waals surface area contributed by atoms with Gasteiger partial charge in [-0.25, -0.2) is 9.97 Å². The predicted molar refractivity (Wildman–Crippen MR) is 94.1 cm³/mol. The fourth-order valence-corrected chi connectivity index (χ4v) is 3.06. The van der Waals surface area contributed by atoms with Crippen LogP contribution in [0.4, 0.5) is 0 Å². The van der Waals surface area contributed by atoms with Crippen molar-refractivity contribution in [3.63, 3.8) is 0 Å². The molecule has 1 fully saturated rings. The van der Waals surface area contributed by atoms with Gasteiger partial charge in [-0.2, -0.15) is 0 Å². The zero-order valence-corrected chi connectivity index (χ0v) is 14.0. The number of para-hydroxylation sites is 1. The lowest BCUT2D eigenvalue weighted by Gasteiger charge is -2.31. The first-order valence-electron chi connectivity index (χ1n) is 8.45. The summed E-state index contributed by atoms with van der Waals surface area (Å²) in [6.45, 7) is 1.07. The van der Waals surface area contributed by atoms with Crippen LogP contribution in [0, 0.1) is 0 Å². The smallest absolute Gasteiger partial charge is 0.289 e. The van der Waals surface area contributed by atoms with Crippen molar-refractivity contribution < 1.29 is 13.9 Å². The van der Waals surface area contributed by atoms with Gasteiger partial charge in [0.1, 0.15) is 18.0 Å². The third-order valence-corrected chi connectivity index (χ3v) is 4.42. The molecule has 0 saturated carbocycles. The van der Waals surface area contributed by atoms with Gasteiger partial charge in [-0.05, 0) is 12.1 Å². The highest BCUT2D eigenvalue weighted by Gasteiger charge is 2.26. The second kappa shape index (κ2) is 6.95. The molecule has 4 rings (SSSR count). The SMILES string of the molecule is O=C(c1cc(=O)c2ccccc2o1)N1CCC(Oc2ccncn2)CC1. The summed E-state index contributed by atoms with van der Waals surface area (Å²) in [7, 11) is 0. The number of amides is 1. The van der Waals surface area contributed by atoms with Crippen LogP contribution in [0.15, 0.2) is 58.1 Å². The molecule has 1 amide bonds. The van der Waals surface area contributed by atoms with Gasteiger partial charge >= 0.3 is 0 Å².